The van der Waals surface area contributed by atoms with E-state index >= 15 is 0 Å². The largest absolute Gasteiger partial charge is 0.349 e. The van der Waals surface area contributed by atoms with E-state index in [-0.39, 0.29) is 18.1 Å². The Morgan fingerprint density at radius 3 is 2.68 bits per heavy atom. The zero-order valence-electron chi connectivity index (χ0n) is 15.5. The van der Waals surface area contributed by atoms with Crippen molar-refractivity contribution in [1.82, 2.24) is 20.2 Å². The Morgan fingerprint density at radius 2 is 2.00 bits per heavy atom. The molecule has 2 aromatic heterocycles. The second kappa shape index (κ2) is 8.39. The monoisotopic (exact) mass is 402 g/mol. The number of hydrogen-bond acceptors (Lipinski definition) is 3. The first-order valence-electron chi connectivity index (χ1n) is 8.82. The van der Waals surface area contributed by atoms with Crippen LogP contribution in [0, 0.1) is 5.82 Å². The van der Waals surface area contributed by atoms with Crippen molar-refractivity contribution in [3.05, 3.63) is 64.8 Å². The summed E-state index contributed by atoms with van der Waals surface area (Å²) in [5, 5.41) is 3.85. The molecule has 2 amide bonds. The zero-order chi connectivity index (χ0) is 20.3. The molecule has 146 valence electrons. The first-order valence-corrected chi connectivity index (χ1v) is 9.19. The van der Waals surface area contributed by atoms with Crippen LogP contribution in [0.25, 0.3) is 10.9 Å². The number of rotatable bonds is 6. The Balaban J connectivity index is 1.83. The van der Waals surface area contributed by atoms with Crippen molar-refractivity contribution in [1.29, 1.82) is 0 Å². The van der Waals surface area contributed by atoms with E-state index in [2.05, 4.69) is 15.3 Å². The zero-order valence-corrected chi connectivity index (χ0v) is 16.3. The van der Waals surface area contributed by atoms with Crippen molar-refractivity contribution >= 4 is 34.3 Å². The van der Waals surface area contributed by atoms with Crippen LogP contribution in [-0.4, -0.2) is 46.3 Å². The minimum Gasteiger partial charge on any atom is -0.349 e. The van der Waals surface area contributed by atoms with Gasteiger partial charge in [0.05, 0.1) is 11.7 Å². The molecule has 0 saturated carbocycles. The summed E-state index contributed by atoms with van der Waals surface area (Å²) in [6.45, 7) is 2.36. The number of aromatic amines is 1. The fourth-order valence-corrected chi connectivity index (χ4v) is 3.01. The van der Waals surface area contributed by atoms with Gasteiger partial charge in [-0.25, -0.2) is 9.37 Å². The number of hydrogen-bond donors (Lipinski definition) is 2. The molecule has 0 unspecified atom stereocenters. The lowest BCUT2D eigenvalue weighted by atomic mass is 10.0. The van der Waals surface area contributed by atoms with Gasteiger partial charge in [0.2, 0.25) is 5.91 Å². The van der Waals surface area contributed by atoms with Crippen LogP contribution in [0.15, 0.2) is 42.6 Å². The molecule has 2 N–H and O–H groups in total. The maximum absolute atomic E-state index is 13.2. The summed E-state index contributed by atoms with van der Waals surface area (Å²) in [6, 6.07) is 8.38. The molecular formula is C20H20ClFN4O2. The third-order valence-corrected chi connectivity index (χ3v) is 4.73. The third kappa shape index (κ3) is 4.48. The smallest absolute Gasteiger partial charge is 0.268 e. The molecule has 3 rings (SSSR count). The molecule has 0 fully saturated rings. The molecule has 3 aromatic rings. The summed E-state index contributed by atoms with van der Waals surface area (Å²) < 4.78 is 13.2. The number of halogens is 2. The number of pyridine rings is 1. The SMILES string of the molecule is CCN(C)C(=O)[C@H](Cc1ccc(F)cc1)NC(=O)c1cc2cc(Cl)ncc2[nH]1. The summed E-state index contributed by atoms with van der Waals surface area (Å²) in [6.07, 6.45) is 1.79. The minimum absolute atomic E-state index is 0.221. The van der Waals surface area contributed by atoms with E-state index in [9.17, 15) is 14.0 Å². The van der Waals surface area contributed by atoms with E-state index in [0.717, 1.165) is 10.9 Å². The first kappa shape index (κ1) is 19.8. The minimum atomic E-state index is -0.781. The lowest BCUT2D eigenvalue weighted by Gasteiger charge is -2.23. The van der Waals surface area contributed by atoms with Gasteiger partial charge in [-0.05, 0) is 36.8 Å². The van der Waals surface area contributed by atoms with Crippen LogP contribution in [0.5, 0.6) is 0 Å². The number of nitrogens with one attached hydrogen (secondary N) is 2. The number of carbonyl (C=O) groups is 2. The lowest BCUT2D eigenvalue weighted by Crippen LogP contribution is -2.48. The van der Waals surface area contributed by atoms with Crippen LogP contribution in [0.4, 0.5) is 4.39 Å². The predicted molar refractivity (Wildman–Crippen MR) is 106 cm³/mol. The quantitative estimate of drug-likeness (QED) is 0.621. The Kier molecular flexibility index (Phi) is 5.94. The topological polar surface area (TPSA) is 78.1 Å². The average Bonchev–Trinajstić information content (AvgIpc) is 3.11. The van der Waals surface area contributed by atoms with Crippen molar-refractivity contribution < 1.29 is 14.0 Å². The molecule has 0 aliphatic carbocycles. The lowest BCUT2D eigenvalue weighted by molar-refractivity contribution is -0.131. The van der Waals surface area contributed by atoms with E-state index in [1.807, 2.05) is 6.92 Å². The highest BCUT2D eigenvalue weighted by atomic mass is 35.5. The first-order chi connectivity index (χ1) is 13.4. The summed E-state index contributed by atoms with van der Waals surface area (Å²) in [5.41, 5.74) is 1.72. The van der Waals surface area contributed by atoms with Gasteiger partial charge in [0, 0.05) is 25.4 Å². The van der Waals surface area contributed by atoms with E-state index in [0.29, 0.717) is 22.9 Å². The molecule has 0 bridgehead atoms. The van der Waals surface area contributed by atoms with Gasteiger partial charge in [-0.3, -0.25) is 9.59 Å². The van der Waals surface area contributed by atoms with Crippen molar-refractivity contribution in [3.8, 4) is 0 Å². The van der Waals surface area contributed by atoms with E-state index in [4.69, 9.17) is 11.6 Å². The average molecular weight is 403 g/mol. The van der Waals surface area contributed by atoms with Gasteiger partial charge in [0.25, 0.3) is 5.91 Å². The summed E-state index contributed by atoms with van der Waals surface area (Å²) in [4.78, 5) is 34.0. The van der Waals surface area contributed by atoms with Gasteiger partial charge in [-0.1, -0.05) is 23.7 Å². The molecule has 0 aliphatic rings. The van der Waals surface area contributed by atoms with Gasteiger partial charge < -0.3 is 15.2 Å². The highest BCUT2D eigenvalue weighted by Gasteiger charge is 2.25. The van der Waals surface area contributed by atoms with Gasteiger partial charge in [0.15, 0.2) is 0 Å². The number of amides is 2. The number of aromatic nitrogens is 2. The Morgan fingerprint density at radius 1 is 1.29 bits per heavy atom. The van der Waals surface area contributed by atoms with Crippen molar-refractivity contribution in [2.45, 2.75) is 19.4 Å². The van der Waals surface area contributed by atoms with Crippen molar-refractivity contribution in [3.63, 3.8) is 0 Å². The van der Waals surface area contributed by atoms with Gasteiger partial charge in [0.1, 0.15) is 22.7 Å². The van der Waals surface area contributed by atoms with Crippen molar-refractivity contribution in [2.24, 2.45) is 0 Å². The fraction of sp³-hybridized carbons (Fsp3) is 0.250. The summed E-state index contributed by atoms with van der Waals surface area (Å²) in [7, 11) is 1.67. The molecule has 8 heteroatoms. The number of benzene rings is 1. The number of fused-ring (bicyclic) bond motifs is 1. The van der Waals surface area contributed by atoms with E-state index < -0.39 is 11.9 Å². The molecule has 0 radical (unpaired) electrons. The third-order valence-electron chi connectivity index (χ3n) is 4.52. The molecule has 0 spiro atoms. The molecule has 1 atom stereocenters. The van der Waals surface area contributed by atoms with Crippen LogP contribution in [-0.2, 0) is 11.2 Å². The molecule has 6 nitrogen and oxygen atoms in total. The van der Waals surface area contributed by atoms with E-state index in [1.165, 1.54) is 17.0 Å². The molecule has 28 heavy (non-hydrogen) atoms. The summed E-state index contributed by atoms with van der Waals surface area (Å²) in [5.74, 6) is -0.995. The Hall–Kier alpha value is -2.93. The Labute approximate surface area is 166 Å². The van der Waals surface area contributed by atoms with Gasteiger partial charge in [-0.2, -0.15) is 0 Å². The molecule has 0 aliphatic heterocycles. The molecule has 1 aromatic carbocycles. The molecule has 2 heterocycles. The van der Waals surface area contributed by atoms with Crippen LogP contribution in [0.1, 0.15) is 23.0 Å². The van der Waals surface area contributed by atoms with E-state index in [1.54, 1.807) is 37.5 Å². The number of likely N-dealkylation sites (N-methyl/N-ethyl adjacent to an activating group) is 1. The number of nitrogens with zero attached hydrogens (tertiary/aromatic N) is 2. The maximum Gasteiger partial charge on any atom is 0.268 e. The standard InChI is InChI=1S/C20H20ClFN4O2/c1-3-26(2)20(28)16(8-12-4-6-14(22)7-5-12)25-19(27)15-9-13-10-18(21)23-11-17(13)24-15/h4-7,9-11,16,24H,3,8H2,1-2H3,(H,25,27)/t16-/m0/s1. The predicted octanol–water partition coefficient (Wildman–Crippen LogP) is 3.17. The number of carbonyl (C=O) groups excluding carboxylic acids is 2. The summed E-state index contributed by atoms with van der Waals surface area (Å²) >= 11 is 5.88. The highest BCUT2D eigenvalue weighted by molar-refractivity contribution is 6.30. The Bertz CT molecular complexity index is 1000. The van der Waals surface area contributed by atoms with Crippen LogP contribution < -0.4 is 5.32 Å². The molecular weight excluding hydrogens is 383 g/mol. The van der Waals surface area contributed by atoms with Crippen LogP contribution >= 0.6 is 11.6 Å². The molecule has 0 saturated heterocycles. The van der Waals surface area contributed by atoms with Gasteiger partial charge >= 0.3 is 0 Å². The van der Waals surface area contributed by atoms with Crippen LogP contribution in [0.3, 0.4) is 0 Å². The van der Waals surface area contributed by atoms with Crippen LogP contribution in [0.2, 0.25) is 5.15 Å². The second-order valence-corrected chi connectivity index (χ2v) is 6.87. The van der Waals surface area contributed by atoms with Crippen molar-refractivity contribution in [2.75, 3.05) is 13.6 Å². The fourth-order valence-electron chi connectivity index (χ4n) is 2.84. The normalized spacial score (nSPS) is 12.0. The van der Waals surface area contributed by atoms with Gasteiger partial charge in [-0.15, -0.1) is 0 Å². The highest BCUT2D eigenvalue weighted by Crippen LogP contribution is 2.18. The number of H-pyrrole nitrogens is 1. The second-order valence-electron chi connectivity index (χ2n) is 6.49. The maximum atomic E-state index is 13.2.